The molecule has 168 valence electrons. The van der Waals surface area contributed by atoms with Crippen LogP contribution in [0, 0.1) is 7.14 Å². The number of halogens is 5. The number of para-hydroxylation sites is 1. The molecule has 0 unspecified atom stereocenters. The lowest BCUT2D eigenvalue weighted by Crippen LogP contribution is -2.25. The maximum absolute atomic E-state index is 13.7. The van der Waals surface area contributed by atoms with Crippen molar-refractivity contribution in [3.8, 4) is 5.75 Å². The Balaban J connectivity index is 1.65. The Morgan fingerprint density at radius 2 is 1.52 bits per heavy atom. The van der Waals surface area contributed by atoms with Crippen LogP contribution in [0.4, 0.5) is 18.9 Å². The molecule has 0 aromatic heterocycles. The van der Waals surface area contributed by atoms with Gasteiger partial charge in [0.15, 0.2) is 5.71 Å². The summed E-state index contributed by atoms with van der Waals surface area (Å²) in [6.07, 6.45) is -3.55. The number of ether oxygens (including phenoxy) is 1. The number of carbonyl (C=O) groups is 1. The van der Waals surface area contributed by atoms with Crippen LogP contribution in [0.25, 0.3) is 6.08 Å². The molecule has 1 aliphatic rings. The summed E-state index contributed by atoms with van der Waals surface area (Å²) in [4.78, 5) is 12.9. The second kappa shape index (κ2) is 9.84. The van der Waals surface area contributed by atoms with E-state index in [1.807, 2.05) is 30.3 Å². The first-order valence-corrected chi connectivity index (χ1v) is 11.8. The fourth-order valence-corrected chi connectivity index (χ4v) is 5.32. The minimum atomic E-state index is -4.77. The van der Waals surface area contributed by atoms with E-state index >= 15 is 0 Å². The summed E-state index contributed by atoms with van der Waals surface area (Å²) in [5.41, 5.74) is -0.00638. The summed E-state index contributed by atoms with van der Waals surface area (Å²) in [6.45, 7) is 0.364. The molecular formula is C24H15F3I2N2O2. The summed E-state index contributed by atoms with van der Waals surface area (Å²) in [6, 6.07) is 21.0. The molecule has 3 aromatic rings. The zero-order valence-corrected chi connectivity index (χ0v) is 21.1. The summed E-state index contributed by atoms with van der Waals surface area (Å²) >= 11 is 4.15. The lowest BCUT2D eigenvalue weighted by atomic mass is 10.1. The number of benzene rings is 3. The van der Waals surface area contributed by atoms with E-state index < -0.39 is 23.4 Å². The summed E-state index contributed by atoms with van der Waals surface area (Å²) < 4.78 is 48.4. The number of hydrazone groups is 1. The number of amides is 1. The number of anilines is 1. The van der Waals surface area contributed by atoms with E-state index in [4.69, 9.17) is 4.74 Å². The van der Waals surface area contributed by atoms with Gasteiger partial charge < -0.3 is 4.74 Å². The topological polar surface area (TPSA) is 41.9 Å². The molecule has 0 saturated carbocycles. The molecule has 0 spiro atoms. The van der Waals surface area contributed by atoms with Crippen LogP contribution in [-0.2, 0) is 11.4 Å². The molecule has 0 atom stereocenters. The van der Waals surface area contributed by atoms with Gasteiger partial charge in [-0.3, -0.25) is 4.79 Å². The Labute approximate surface area is 215 Å². The molecule has 1 heterocycles. The van der Waals surface area contributed by atoms with Gasteiger partial charge in [0, 0.05) is 0 Å². The van der Waals surface area contributed by atoms with Gasteiger partial charge in [0.25, 0.3) is 5.91 Å². The third kappa shape index (κ3) is 5.40. The second-order valence-corrected chi connectivity index (χ2v) is 9.37. The third-order valence-electron chi connectivity index (χ3n) is 4.70. The molecule has 1 amide bonds. The number of nitrogens with zero attached hydrogens (tertiary/aromatic N) is 2. The van der Waals surface area contributed by atoms with Crippen molar-refractivity contribution in [2.45, 2.75) is 12.8 Å². The summed E-state index contributed by atoms with van der Waals surface area (Å²) in [5, 5.41) is 4.37. The average Bonchev–Trinajstić information content (AvgIpc) is 3.11. The number of rotatable bonds is 5. The highest BCUT2D eigenvalue weighted by Gasteiger charge is 2.46. The molecule has 0 N–H and O–H groups in total. The monoisotopic (exact) mass is 674 g/mol. The Hall–Kier alpha value is -2.41. The van der Waals surface area contributed by atoms with Crippen LogP contribution < -0.4 is 9.75 Å². The van der Waals surface area contributed by atoms with E-state index in [0.717, 1.165) is 17.7 Å². The first kappa shape index (κ1) is 23.7. The number of alkyl halides is 3. The van der Waals surface area contributed by atoms with Crippen LogP contribution in [0.2, 0.25) is 0 Å². The average molecular weight is 674 g/mol. The lowest BCUT2D eigenvalue weighted by molar-refractivity contribution is -0.114. The van der Waals surface area contributed by atoms with Crippen molar-refractivity contribution in [3.63, 3.8) is 0 Å². The maximum Gasteiger partial charge on any atom is 0.435 e. The summed E-state index contributed by atoms with van der Waals surface area (Å²) in [7, 11) is 0. The molecule has 1 aliphatic heterocycles. The minimum Gasteiger partial charge on any atom is -0.487 e. The molecule has 9 heteroatoms. The fourth-order valence-electron chi connectivity index (χ4n) is 3.20. The Bertz CT molecular complexity index is 1220. The highest BCUT2D eigenvalue weighted by atomic mass is 127. The van der Waals surface area contributed by atoms with E-state index in [2.05, 4.69) is 50.3 Å². The van der Waals surface area contributed by atoms with Crippen LogP contribution in [0.3, 0.4) is 0 Å². The maximum atomic E-state index is 13.7. The van der Waals surface area contributed by atoms with Crippen molar-refractivity contribution in [2.75, 3.05) is 5.01 Å². The zero-order chi connectivity index (χ0) is 23.6. The number of hydrogen-bond donors (Lipinski definition) is 0. The van der Waals surface area contributed by atoms with Crippen LogP contribution in [0.5, 0.6) is 5.75 Å². The van der Waals surface area contributed by atoms with Gasteiger partial charge in [0.2, 0.25) is 0 Å². The third-order valence-corrected chi connectivity index (χ3v) is 6.31. The van der Waals surface area contributed by atoms with Crippen LogP contribution in [0.1, 0.15) is 11.1 Å². The molecular weight excluding hydrogens is 659 g/mol. The smallest absolute Gasteiger partial charge is 0.435 e. The SMILES string of the molecule is O=C1/C(=C\c2cc(I)c(OCc3ccccc3)c(I)c2)C(C(F)(F)F)=NN1c1ccccc1. The van der Waals surface area contributed by atoms with Crippen LogP contribution in [0.15, 0.2) is 83.5 Å². The van der Waals surface area contributed by atoms with Crippen LogP contribution in [-0.4, -0.2) is 17.8 Å². The minimum absolute atomic E-state index is 0.265. The first-order valence-electron chi connectivity index (χ1n) is 9.67. The molecule has 33 heavy (non-hydrogen) atoms. The molecule has 0 bridgehead atoms. The van der Waals surface area contributed by atoms with Gasteiger partial charge >= 0.3 is 6.18 Å². The summed E-state index contributed by atoms with van der Waals surface area (Å²) in [5.74, 6) is -0.196. The van der Waals surface area contributed by atoms with Crippen molar-refractivity contribution in [1.29, 1.82) is 0 Å². The Morgan fingerprint density at radius 3 is 2.09 bits per heavy atom. The molecule has 0 aliphatic carbocycles. The van der Waals surface area contributed by atoms with Crippen molar-refractivity contribution in [1.82, 2.24) is 0 Å². The van der Waals surface area contributed by atoms with Gasteiger partial charge in [0.05, 0.1) is 18.4 Å². The molecule has 4 nitrogen and oxygen atoms in total. The molecule has 0 radical (unpaired) electrons. The largest absolute Gasteiger partial charge is 0.487 e. The van der Waals surface area contributed by atoms with Gasteiger partial charge in [-0.2, -0.15) is 23.3 Å². The highest BCUT2D eigenvalue weighted by Crippen LogP contribution is 2.34. The van der Waals surface area contributed by atoms with Crippen molar-refractivity contribution in [2.24, 2.45) is 5.10 Å². The van der Waals surface area contributed by atoms with Gasteiger partial charge in [0.1, 0.15) is 12.4 Å². The predicted molar refractivity (Wildman–Crippen MR) is 138 cm³/mol. The van der Waals surface area contributed by atoms with Gasteiger partial charge in [-0.1, -0.05) is 48.5 Å². The van der Waals surface area contributed by atoms with Gasteiger partial charge in [-0.25, -0.2) is 0 Å². The highest BCUT2D eigenvalue weighted by molar-refractivity contribution is 14.1. The second-order valence-electron chi connectivity index (χ2n) is 7.04. The quantitative estimate of drug-likeness (QED) is 0.220. The predicted octanol–water partition coefficient (Wildman–Crippen LogP) is 6.82. The van der Waals surface area contributed by atoms with E-state index in [0.29, 0.717) is 17.9 Å². The van der Waals surface area contributed by atoms with E-state index in [1.165, 1.54) is 18.2 Å². The fraction of sp³-hybridized carbons (Fsp3) is 0.0833. The Kier molecular flexibility index (Phi) is 7.07. The normalized spacial score (nSPS) is 15.2. The van der Waals surface area contributed by atoms with E-state index in [1.54, 1.807) is 30.3 Å². The number of carbonyl (C=O) groups excluding carboxylic acids is 1. The molecule has 0 fully saturated rings. The van der Waals surface area contributed by atoms with Gasteiger partial charge in [-0.05, 0) is 86.7 Å². The molecule has 4 rings (SSSR count). The van der Waals surface area contributed by atoms with Crippen molar-refractivity contribution in [3.05, 3.63) is 96.6 Å². The van der Waals surface area contributed by atoms with Gasteiger partial charge in [-0.15, -0.1) is 0 Å². The van der Waals surface area contributed by atoms with E-state index in [-0.39, 0.29) is 5.69 Å². The molecule has 0 saturated heterocycles. The standard InChI is InChI=1S/C24H15F3I2N2O2/c25-24(26,27)22-18(23(32)31(30-22)17-9-5-2-6-10-17)11-16-12-19(28)21(20(29)13-16)33-14-15-7-3-1-4-8-15/h1-13H,14H2/b18-11-. The van der Waals surface area contributed by atoms with Crippen molar-refractivity contribution < 1.29 is 22.7 Å². The zero-order valence-electron chi connectivity index (χ0n) is 16.8. The van der Waals surface area contributed by atoms with Crippen molar-refractivity contribution >= 4 is 68.6 Å². The molecule has 3 aromatic carbocycles. The first-order chi connectivity index (χ1) is 15.7. The van der Waals surface area contributed by atoms with Crippen LogP contribution >= 0.6 is 45.2 Å². The van der Waals surface area contributed by atoms with E-state index in [9.17, 15) is 18.0 Å². The lowest BCUT2D eigenvalue weighted by Gasteiger charge is -2.12. The Morgan fingerprint density at radius 1 is 0.939 bits per heavy atom. The number of hydrogen-bond acceptors (Lipinski definition) is 3.